The lowest BCUT2D eigenvalue weighted by Crippen LogP contribution is -2.47. The molecule has 1 N–H and O–H groups in total. The van der Waals surface area contributed by atoms with Crippen LogP contribution in [-0.4, -0.2) is 32.0 Å². The van der Waals surface area contributed by atoms with Gasteiger partial charge < -0.3 is 14.6 Å². The van der Waals surface area contributed by atoms with Crippen LogP contribution < -0.4 is 4.74 Å². The van der Waals surface area contributed by atoms with Crippen molar-refractivity contribution >= 4 is 0 Å². The number of ether oxygens (including phenoxy) is 2. The van der Waals surface area contributed by atoms with Crippen LogP contribution in [0.25, 0.3) is 0 Å². The van der Waals surface area contributed by atoms with E-state index in [1.54, 1.807) is 7.11 Å². The molecule has 0 amide bonds. The fourth-order valence-corrected chi connectivity index (χ4v) is 2.43. The average molecular weight is 264 g/mol. The van der Waals surface area contributed by atoms with Crippen LogP contribution >= 0.6 is 0 Å². The number of methoxy groups -OCH3 is 1. The minimum atomic E-state index is -0.121. The zero-order valence-corrected chi connectivity index (χ0v) is 12.3. The van der Waals surface area contributed by atoms with Crippen LogP contribution in [0.4, 0.5) is 0 Å². The van der Waals surface area contributed by atoms with Crippen molar-refractivity contribution in [1.82, 2.24) is 0 Å². The van der Waals surface area contributed by atoms with Crippen molar-refractivity contribution in [3.63, 3.8) is 0 Å². The first-order chi connectivity index (χ1) is 8.90. The monoisotopic (exact) mass is 264 g/mol. The molecule has 1 fully saturated rings. The van der Waals surface area contributed by atoms with Gasteiger partial charge in [0.25, 0.3) is 0 Å². The third-order valence-corrected chi connectivity index (χ3v) is 3.86. The third-order valence-electron chi connectivity index (χ3n) is 3.86. The Hall–Kier alpha value is -1.06. The topological polar surface area (TPSA) is 38.7 Å². The van der Waals surface area contributed by atoms with Crippen molar-refractivity contribution in [1.29, 1.82) is 0 Å². The molecule has 1 aliphatic heterocycles. The molecule has 1 aromatic carbocycles. The van der Waals surface area contributed by atoms with Crippen molar-refractivity contribution in [2.75, 3.05) is 26.9 Å². The van der Waals surface area contributed by atoms with Gasteiger partial charge in [0.15, 0.2) is 0 Å². The van der Waals surface area contributed by atoms with Crippen LogP contribution in [0.15, 0.2) is 18.2 Å². The second kappa shape index (κ2) is 5.14. The van der Waals surface area contributed by atoms with Gasteiger partial charge in [0, 0.05) is 5.41 Å². The molecular weight excluding hydrogens is 240 g/mol. The van der Waals surface area contributed by atoms with E-state index in [2.05, 4.69) is 32.9 Å². The van der Waals surface area contributed by atoms with Gasteiger partial charge in [0.1, 0.15) is 5.75 Å². The summed E-state index contributed by atoms with van der Waals surface area (Å²) in [4.78, 5) is 0. The van der Waals surface area contributed by atoms with Crippen LogP contribution in [0.5, 0.6) is 5.75 Å². The van der Waals surface area contributed by atoms with Crippen LogP contribution in [-0.2, 0) is 16.6 Å². The molecule has 0 atom stereocenters. The highest BCUT2D eigenvalue weighted by Crippen LogP contribution is 2.36. The zero-order chi connectivity index (χ0) is 14.1. The highest BCUT2D eigenvalue weighted by atomic mass is 16.5. The predicted molar refractivity (Wildman–Crippen MR) is 75.7 cm³/mol. The number of hydrogen-bond donors (Lipinski definition) is 1. The summed E-state index contributed by atoms with van der Waals surface area (Å²) in [6.45, 7) is 8.03. The summed E-state index contributed by atoms with van der Waals surface area (Å²) >= 11 is 0. The van der Waals surface area contributed by atoms with Crippen LogP contribution in [0.2, 0.25) is 0 Å². The predicted octanol–water partition coefficient (Wildman–Crippen LogP) is 2.54. The Morgan fingerprint density at radius 3 is 2.42 bits per heavy atom. The standard InChI is InChI=1S/C16H24O3/c1-15(2,3)13-5-6-14(18-4)12(7-13)8-16(9-17)10-19-11-16/h5-7,17H,8-11H2,1-4H3. The fraction of sp³-hybridized carbons (Fsp3) is 0.625. The normalized spacial score (nSPS) is 17.9. The summed E-state index contributed by atoms with van der Waals surface area (Å²) in [5.41, 5.74) is 2.44. The molecule has 1 aromatic rings. The number of rotatable bonds is 4. The lowest BCUT2D eigenvalue weighted by Gasteiger charge is -2.40. The first-order valence-electron chi connectivity index (χ1n) is 6.76. The highest BCUT2D eigenvalue weighted by Gasteiger charge is 2.39. The van der Waals surface area contributed by atoms with Crippen molar-refractivity contribution < 1.29 is 14.6 Å². The second-order valence-corrected chi connectivity index (χ2v) is 6.60. The largest absolute Gasteiger partial charge is 0.496 e. The summed E-state index contributed by atoms with van der Waals surface area (Å²) in [6, 6.07) is 6.35. The number of benzene rings is 1. The number of aliphatic hydroxyl groups excluding tert-OH is 1. The molecule has 0 aliphatic carbocycles. The maximum absolute atomic E-state index is 9.57. The van der Waals surface area contributed by atoms with E-state index in [1.807, 2.05) is 6.07 Å². The van der Waals surface area contributed by atoms with E-state index >= 15 is 0 Å². The van der Waals surface area contributed by atoms with E-state index in [9.17, 15) is 5.11 Å². The van der Waals surface area contributed by atoms with Gasteiger partial charge in [-0.25, -0.2) is 0 Å². The Balaban J connectivity index is 2.31. The van der Waals surface area contributed by atoms with E-state index in [-0.39, 0.29) is 17.4 Å². The Kier molecular flexibility index (Phi) is 3.88. The smallest absolute Gasteiger partial charge is 0.122 e. The zero-order valence-electron chi connectivity index (χ0n) is 12.3. The molecule has 1 heterocycles. The van der Waals surface area contributed by atoms with E-state index < -0.39 is 0 Å². The Morgan fingerprint density at radius 2 is 2.00 bits per heavy atom. The van der Waals surface area contributed by atoms with Crippen molar-refractivity contribution in [2.45, 2.75) is 32.6 Å². The molecule has 106 valence electrons. The summed E-state index contributed by atoms with van der Waals surface area (Å²) in [6.07, 6.45) is 0.802. The minimum Gasteiger partial charge on any atom is -0.496 e. The molecular formula is C16H24O3. The number of hydrogen-bond acceptors (Lipinski definition) is 3. The molecule has 0 unspecified atom stereocenters. The Labute approximate surface area is 115 Å². The molecule has 0 aromatic heterocycles. The molecule has 0 bridgehead atoms. The van der Waals surface area contributed by atoms with Crippen molar-refractivity contribution in [2.24, 2.45) is 5.41 Å². The molecule has 0 saturated carbocycles. The fourth-order valence-electron chi connectivity index (χ4n) is 2.43. The van der Waals surface area contributed by atoms with E-state index in [4.69, 9.17) is 9.47 Å². The van der Waals surface area contributed by atoms with Gasteiger partial charge in [-0.15, -0.1) is 0 Å². The second-order valence-electron chi connectivity index (χ2n) is 6.60. The lowest BCUT2D eigenvalue weighted by molar-refractivity contribution is -0.136. The molecule has 0 spiro atoms. The van der Waals surface area contributed by atoms with E-state index in [0.29, 0.717) is 13.2 Å². The quantitative estimate of drug-likeness (QED) is 0.908. The van der Waals surface area contributed by atoms with Gasteiger partial charge in [-0.3, -0.25) is 0 Å². The van der Waals surface area contributed by atoms with Crippen molar-refractivity contribution in [3.05, 3.63) is 29.3 Å². The van der Waals surface area contributed by atoms with Gasteiger partial charge in [0.2, 0.25) is 0 Å². The molecule has 19 heavy (non-hydrogen) atoms. The maximum atomic E-state index is 9.57. The summed E-state index contributed by atoms with van der Waals surface area (Å²) in [5, 5.41) is 9.57. The SMILES string of the molecule is COc1ccc(C(C)(C)C)cc1CC1(CO)COC1. The lowest BCUT2D eigenvalue weighted by atomic mass is 9.78. The minimum absolute atomic E-state index is 0.115. The van der Waals surface area contributed by atoms with Gasteiger partial charge in [-0.1, -0.05) is 32.9 Å². The highest BCUT2D eigenvalue weighted by molar-refractivity contribution is 5.40. The molecule has 3 heteroatoms. The van der Waals surface area contributed by atoms with Crippen LogP contribution in [0, 0.1) is 5.41 Å². The molecule has 1 saturated heterocycles. The van der Waals surface area contributed by atoms with E-state index in [1.165, 1.54) is 5.56 Å². The van der Waals surface area contributed by atoms with Crippen molar-refractivity contribution in [3.8, 4) is 5.75 Å². The first kappa shape index (κ1) is 14.4. The van der Waals surface area contributed by atoms with Crippen LogP contribution in [0.3, 0.4) is 0 Å². The molecule has 3 nitrogen and oxygen atoms in total. The average Bonchev–Trinajstić information content (AvgIpc) is 2.32. The van der Waals surface area contributed by atoms with Gasteiger partial charge in [0.05, 0.1) is 26.9 Å². The summed E-state index contributed by atoms with van der Waals surface area (Å²) < 4.78 is 10.7. The van der Waals surface area contributed by atoms with Crippen LogP contribution in [0.1, 0.15) is 31.9 Å². The van der Waals surface area contributed by atoms with E-state index in [0.717, 1.165) is 17.7 Å². The maximum Gasteiger partial charge on any atom is 0.122 e. The van der Waals surface area contributed by atoms with Gasteiger partial charge in [-0.05, 0) is 29.0 Å². The summed E-state index contributed by atoms with van der Waals surface area (Å²) in [7, 11) is 1.69. The first-order valence-corrected chi connectivity index (χ1v) is 6.76. The van der Waals surface area contributed by atoms with Gasteiger partial charge >= 0.3 is 0 Å². The molecule has 2 rings (SSSR count). The Morgan fingerprint density at radius 1 is 1.32 bits per heavy atom. The summed E-state index contributed by atoms with van der Waals surface area (Å²) in [5.74, 6) is 0.896. The molecule has 0 radical (unpaired) electrons. The Bertz CT molecular complexity index is 436. The molecule has 1 aliphatic rings. The van der Waals surface area contributed by atoms with Gasteiger partial charge in [-0.2, -0.15) is 0 Å². The number of aliphatic hydroxyl groups is 1. The third kappa shape index (κ3) is 2.93.